The maximum absolute atomic E-state index is 12.2. The Balaban J connectivity index is 1.43. The van der Waals surface area contributed by atoms with Gasteiger partial charge in [0.1, 0.15) is 5.82 Å². The fourth-order valence-corrected chi connectivity index (χ4v) is 4.54. The number of anilines is 4. The number of fused-ring (bicyclic) bond motifs is 1. The molecule has 2 aromatic carbocycles. The first-order valence-corrected chi connectivity index (χ1v) is 11.4. The number of nitrogens with one attached hydrogen (secondary N) is 1. The number of hydrogen-bond acceptors (Lipinski definition) is 6. The van der Waals surface area contributed by atoms with E-state index in [0.717, 1.165) is 42.8 Å². The van der Waals surface area contributed by atoms with E-state index in [4.69, 9.17) is 15.5 Å². The van der Waals surface area contributed by atoms with E-state index in [9.17, 15) is 4.79 Å². The van der Waals surface area contributed by atoms with Gasteiger partial charge in [-0.25, -0.2) is 9.97 Å². The van der Waals surface area contributed by atoms with Crippen molar-refractivity contribution in [1.29, 1.82) is 0 Å². The van der Waals surface area contributed by atoms with Gasteiger partial charge in [0.2, 0.25) is 5.95 Å². The lowest BCUT2D eigenvalue weighted by molar-refractivity contribution is 0.0853. The van der Waals surface area contributed by atoms with E-state index in [0.29, 0.717) is 28.9 Å². The number of carbonyl (C=O) groups excluding carboxylic acids is 1. The van der Waals surface area contributed by atoms with E-state index in [1.54, 1.807) is 0 Å². The summed E-state index contributed by atoms with van der Waals surface area (Å²) in [4.78, 5) is 23.2. The number of aromatic nitrogens is 3. The second-order valence-electron chi connectivity index (χ2n) is 8.60. The van der Waals surface area contributed by atoms with E-state index >= 15 is 0 Å². The summed E-state index contributed by atoms with van der Waals surface area (Å²) in [5.74, 6) is 1.32. The molecule has 3 heterocycles. The third-order valence-electron chi connectivity index (χ3n) is 6.45. The zero-order valence-corrected chi connectivity index (χ0v) is 19.4. The number of primary amides is 1. The van der Waals surface area contributed by atoms with Crippen LogP contribution in [0.3, 0.4) is 0 Å². The normalized spacial score (nSPS) is 14.3. The Hall–Kier alpha value is -3.91. The minimum atomic E-state index is -0.541. The van der Waals surface area contributed by atoms with Crippen LogP contribution in [0.15, 0.2) is 60.8 Å². The zero-order chi connectivity index (χ0) is 23.7. The summed E-state index contributed by atoms with van der Waals surface area (Å²) in [6, 6.07) is 18.2. The van der Waals surface area contributed by atoms with Crippen LogP contribution in [-0.4, -0.2) is 40.7 Å². The first kappa shape index (κ1) is 21.9. The first-order valence-electron chi connectivity index (χ1n) is 11.4. The van der Waals surface area contributed by atoms with Crippen LogP contribution in [0.25, 0.3) is 11.0 Å². The maximum Gasteiger partial charge on any atom is 0.252 e. The van der Waals surface area contributed by atoms with Gasteiger partial charge in [0.05, 0.1) is 22.3 Å². The molecule has 0 spiro atoms. The number of amides is 1. The number of nitrogens with two attached hydrogens (primary N) is 1. The molecule has 4 aromatic rings. The Labute approximate surface area is 198 Å². The van der Waals surface area contributed by atoms with Crippen molar-refractivity contribution in [3.05, 3.63) is 71.9 Å². The molecular weight excluding hydrogens is 428 g/mol. The predicted octanol–water partition coefficient (Wildman–Crippen LogP) is 4.47. The van der Waals surface area contributed by atoms with Crippen molar-refractivity contribution >= 4 is 40.1 Å². The topological polar surface area (TPSA) is 98.3 Å². The SMILES string of the molecule is CN(c1cc(Nc2ccc(C3CCOCC3)cc2)ncc1C(N)=O)c1nc2ccccc2n1C. The third kappa shape index (κ3) is 4.20. The molecule has 1 fully saturated rings. The maximum atomic E-state index is 12.2. The van der Waals surface area contributed by atoms with E-state index in [-0.39, 0.29) is 0 Å². The van der Waals surface area contributed by atoms with Crippen molar-refractivity contribution in [3.63, 3.8) is 0 Å². The van der Waals surface area contributed by atoms with E-state index in [1.165, 1.54) is 11.8 Å². The lowest BCUT2D eigenvalue weighted by Crippen LogP contribution is -2.21. The predicted molar refractivity (Wildman–Crippen MR) is 134 cm³/mol. The fraction of sp³-hybridized carbons (Fsp3) is 0.269. The van der Waals surface area contributed by atoms with Crippen molar-refractivity contribution < 1.29 is 9.53 Å². The number of aryl methyl sites for hydroxylation is 1. The van der Waals surface area contributed by atoms with Gasteiger partial charge >= 0.3 is 0 Å². The minimum absolute atomic E-state index is 0.329. The van der Waals surface area contributed by atoms with Gasteiger partial charge in [0.15, 0.2) is 0 Å². The molecule has 2 aromatic heterocycles. The molecule has 8 heteroatoms. The number of nitrogens with zero attached hydrogens (tertiary/aromatic N) is 4. The summed E-state index contributed by atoms with van der Waals surface area (Å²) >= 11 is 0. The quantitative estimate of drug-likeness (QED) is 0.444. The summed E-state index contributed by atoms with van der Waals surface area (Å²) in [6.07, 6.45) is 3.62. The molecule has 0 radical (unpaired) electrons. The molecule has 0 atom stereocenters. The number of hydrogen-bond donors (Lipinski definition) is 2. The van der Waals surface area contributed by atoms with Crippen molar-refractivity contribution in [2.45, 2.75) is 18.8 Å². The molecule has 1 saturated heterocycles. The standard InChI is InChI=1S/C26H28N6O2/c1-31-22-6-4-3-5-21(22)30-26(31)32(2)23-15-24(28-16-20(23)25(27)33)29-19-9-7-17(8-10-19)18-11-13-34-14-12-18/h3-10,15-16,18H,11-14H2,1-2H3,(H2,27,33)(H,28,29). The van der Waals surface area contributed by atoms with Gasteiger partial charge < -0.3 is 25.3 Å². The summed E-state index contributed by atoms with van der Waals surface area (Å²) in [5.41, 5.74) is 10.8. The number of ether oxygens (including phenoxy) is 1. The lowest BCUT2D eigenvalue weighted by Gasteiger charge is -2.23. The Morgan fingerprint density at radius 2 is 1.88 bits per heavy atom. The number of para-hydroxylation sites is 2. The number of pyridine rings is 1. The number of imidazole rings is 1. The zero-order valence-electron chi connectivity index (χ0n) is 19.4. The van der Waals surface area contributed by atoms with Gasteiger partial charge in [-0.15, -0.1) is 0 Å². The summed E-state index contributed by atoms with van der Waals surface area (Å²) in [6.45, 7) is 1.64. The summed E-state index contributed by atoms with van der Waals surface area (Å²) in [5, 5.41) is 3.35. The van der Waals surface area contributed by atoms with Crippen LogP contribution >= 0.6 is 0 Å². The molecule has 1 aliphatic rings. The Morgan fingerprint density at radius 3 is 2.59 bits per heavy atom. The molecule has 3 N–H and O–H groups in total. The van der Waals surface area contributed by atoms with E-state index in [2.05, 4.69) is 34.6 Å². The van der Waals surface area contributed by atoms with Gasteiger partial charge in [-0.3, -0.25) is 4.79 Å². The molecule has 0 saturated carbocycles. The van der Waals surface area contributed by atoms with Crippen molar-refractivity contribution in [1.82, 2.24) is 14.5 Å². The number of carbonyl (C=O) groups is 1. The Bertz CT molecular complexity index is 1330. The van der Waals surface area contributed by atoms with E-state index < -0.39 is 5.91 Å². The molecular formula is C26H28N6O2. The fourth-order valence-electron chi connectivity index (χ4n) is 4.54. The highest BCUT2D eigenvalue weighted by atomic mass is 16.5. The Morgan fingerprint density at radius 1 is 1.15 bits per heavy atom. The largest absolute Gasteiger partial charge is 0.381 e. The molecule has 174 valence electrons. The molecule has 0 unspecified atom stereocenters. The lowest BCUT2D eigenvalue weighted by atomic mass is 9.92. The Kier molecular flexibility index (Phi) is 5.90. The summed E-state index contributed by atoms with van der Waals surface area (Å²) in [7, 11) is 3.82. The average molecular weight is 457 g/mol. The molecule has 1 amide bonds. The van der Waals surface area contributed by atoms with Crippen LogP contribution < -0.4 is 16.0 Å². The first-order chi connectivity index (χ1) is 16.5. The molecule has 0 aliphatic carbocycles. The van der Waals surface area contributed by atoms with Crippen LogP contribution in [0.1, 0.15) is 34.7 Å². The third-order valence-corrected chi connectivity index (χ3v) is 6.45. The second kappa shape index (κ2) is 9.15. The van der Waals surface area contributed by atoms with Crippen LogP contribution in [0, 0.1) is 0 Å². The van der Waals surface area contributed by atoms with Gasteiger partial charge in [-0.05, 0) is 48.6 Å². The van der Waals surface area contributed by atoms with Crippen LogP contribution in [-0.2, 0) is 11.8 Å². The van der Waals surface area contributed by atoms with Gasteiger partial charge in [-0.2, -0.15) is 0 Å². The monoisotopic (exact) mass is 456 g/mol. The van der Waals surface area contributed by atoms with Crippen molar-refractivity contribution in [2.24, 2.45) is 12.8 Å². The van der Waals surface area contributed by atoms with E-state index in [1.807, 2.05) is 53.9 Å². The van der Waals surface area contributed by atoms with Crippen LogP contribution in [0.5, 0.6) is 0 Å². The molecule has 0 bridgehead atoms. The molecule has 34 heavy (non-hydrogen) atoms. The average Bonchev–Trinajstić information content (AvgIpc) is 3.21. The highest BCUT2D eigenvalue weighted by molar-refractivity contribution is 5.99. The van der Waals surface area contributed by atoms with Crippen LogP contribution in [0.4, 0.5) is 23.1 Å². The highest BCUT2D eigenvalue weighted by Crippen LogP contribution is 2.32. The van der Waals surface area contributed by atoms with Crippen molar-refractivity contribution in [3.8, 4) is 0 Å². The smallest absolute Gasteiger partial charge is 0.252 e. The minimum Gasteiger partial charge on any atom is -0.381 e. The van der Waals surface area contributed by atoms with Gasteiger partial charge in [0, 0.05) is 45.3 Å². The summed E-state index contributed by atoms with van der Waals surface area (Å²) < 4.78 is 7.46. The van der Waals surface area contributed by atoms with Gasteiger partial charge in [-0.1, -0.05) is 24.3 Å². The molecule has 8 nitrogen and oxygen atoms in total. The number of benzene rings is 2. The van der Waals surface area contributed by atoms with Gasteiger partial charge in [0.25, 0.3) is 5.91 Å². The highest BCUT2D eigenvalue weighted by Gasteiger charge is 2.20. The second-order valence-corrected chi connectivity index (χ2v) is 8.60. The van der Waals surface area contributed by atoms with Crippen molar-refractivity contribution in [2.75, 3.05) is 30.5 Å². The van der Waals surface area contributed by atoms with Crippen LogP contribution in [0.2, 0.25) is 0 Å². The molecule has 1 aliphatic heterocycles. The molecule has 5 rings (SSSR count). The number of rotatable bonds is 6.